The van der Waals surface area contributed by atoms with Crippen molar-refractivity contribution < 1.29 is 0 Å². The molecule has 78 valence electrons. The van der Waals surface area contributed by atoms with Crippen LogP contribution in [0.5, 0.6) is 0 Å². The molecule has 0 radical (unpaired) electrons. The Kier molecular flexibility index (Phi) is 2.97. The van der Waals surface area contributed by atoms with Crippen LogP contribution in [0.15, 0.2) is 43.0 Å². The van der Waals surface area contributed by atoms with Gasteiger partial charge in [0.1, 0.15) is 12.7 Å². The van der Waals surface area contributed by atoms with E-state index in [2.05, 4.69) is 34.2 Å². The first-order chi connectivity index (χ1) is 7.36. The van der Waals surface area contributed by atoms with Crippen LogP contribution in [-0.4, -0.2) is 28.4 Å². The minimum atomic E-state index is 0.853. The zero-order valence-electron chi connectivity index (χ0n) is 8.74. The van der Waals surface area contributed by atoms with Crippen molar-refractivity contribution in [2.75, 3.05) is 18.5 Å². The quantitative estimate of drug-likeness (QED) is 0.751. The normalized spacial score (nSPS) is 10.2. The van der Waals surface area contributed by atoms with Gasteiger partial charge in [-0.2, -0.15) is 5.10 Å². The number of anilines is 1. The molecule has 2 aromatic rings. The van der Waals surface area contributed by atoms with E-state index >= 15 is 0 Å². The zero-order valence-corrected chi connectivity index (χ0v) is 8.74. The molecule has 0 aliphatic heterocycles. The third-order valence-corrected chi connectivity index (χ3v) is 2.33. The number of likely N-dealkylation sites (N-methyl/N-ethyl adjacent to an activating group) is 1. The summed E-state index contributed by atoms with van der Waals surface area (Å²) in [5.74, 6) is 0. The lowest BCUT2D eigenvalue weighted by molar-refractivity contribution is 0.610. The van der Waals surface area contributed by atoms with Crippen LogP contribution in [0, 0.1) is 0 Å². The fourth-order valence-electron chi connectivity index (χ4n) is 1.41. The Morgan fingerprint density at radius 3 is 2.73 bits per heavy atom. The van der Waals surface area contributed by atoms with E-state index in [9.17, 15) is 0 Å². The second kappa shape index (κ2) is 4.59. The van der Waals surface area contributed by atoms with Crippen molar-refractivity contribution in [3.8, 4) is 0 Å². The fraction of sp³-hybridized carbons (Fsp3) is 0.273. The first kappa shape index (κ1) is 9.71. The van der Waals surface area contributed by atoms with E-state index < -0.39 is 0 Å². The summed E-state index contributed by atoms with van der Waals surface area (Å²) in [6.07, 6.45) is 3.29. The predicted octanol–water partition coefficient (Wildman–Crippen LogP) is 1.41. The summed E-state index contributed by atoms with van der Waals surface area (Å²) in [6, 6.07) is 10.3. The van der Waals surface area contributed by atoms with Crippen LogP contribution in [0.2, 0.25) is 0 Å². The molecular weight excluding hydrogens is 188 g/mol. The molecule has 0 N–H and O–H groups in total. The zero-order chi connectivity index (χ0) is 10.5. The van der Waals surface area contributed by atoms with E-state index in [0.717, 1.165) is 13.1 Å². The van der Waals surface area contributed by atoms with Crippen molar-refractivity contribution in [2.45, 2.75) is 6.54 Å². The van der Waals surface area contributed by atoms with E-state index in [1.807, 2.05) is 22.9 Å². The molecular formula is C11H14N4. The Labute approximate surface area is 89.2 Å². The Morgan fingerprint density at radius 2 is 2.07 bits per heavy atom. The van der Waals surface area contributed by atoms with Gasteiger partial charge in [-0.3, -0.25) is 4.68 Å². The Balaban J connectivity index is 1.90. The first-order valence-electron chi connectivity index (χ1n) is 4.95. The summed E-state index contributed by atoms with van der Waals surface area (Å²) in [7, 11) is 2.08. The molecule has 0 unspecified atom stereocenters. The van der Waals surface area contributed by atoms with Crippen LogP contribution < -0.4 is 4.90 Å². The standard InChI is InChI=1S/C11H14N4/c1-14(11-5-3-2-4-6-11)7-8-15-10-12-9-13-15/h2-6,9-10H,7-8H2,1H3. The molecule has 1 aromatic heterocycles. The fourth-order valence-corrected chi connectivity index (χ4v) is 1.41. The van der Waals surface area contributed by atoms with Crippen LogP contribution in [0.25, 0.3) is 0 Å². The summed E-state index contributed by atoms with van der Waals surface area (Å²) in [5, 5.41) is 4.06. The second-order valence-corrected chi connectivity index (χ2v) is 3.42. The van der Waals surface area contributed by atoms with Crippen LogP contribution in [0.4, 0.5) is 5.69 Å². The monoisotopic (exact) mass is 202 g/mol. The van der Waals surface area contributed by atoms with Crippen molar-refractivity contribution in [1.82, 2.24) is 14.8 Å². The number of hydrogen-bond donors (Lipinski definition) is 0. The van der Waals surface area contributed by atoms with Gasteiger partial charge in [0, 0.05) is 19.3 Å². The lowest BCUT2D eigenvalue weighted by Gasteiger charge is -2.18. The molecule has 0 spiro atoms. The third-order valence-electron chi connectivity index (χ3n) is 2.33. The third kappa shape index (κ3) is 2.56. The van der Waals surface area contributed by atoms with Gasteiger partial charge in [0.05, 0.1) is 6.54 Å². The molecule has 0 atom stereocenters. The van der Waals surface area contributed by atoms with E-state index in [-0.39, 0.29) is 0 Å². The van der Waals surface area contributed by atoms with E-state index in [1.54, 1.807) is 12.7 Å². The maximum Gasteiger partial charge on any atom is 0.137 e. The summed E-state index contributed by atoms with van der Waals surface area (Å²) in [4.78, 5) is 6.10. The van der Waals surface area contributed by atoms with Crippen LogP contribution in [0.1, 0.15) is 0 Å². The largest absolute Gasteiger partial charge is 0.373 e. The van der Waals surface area contributed by atoms with Crippen molar-refractivity contribution >= 4 is 5.69 Å². The first-order valence-corrected chi connectivity index (χ1v) is 4.95. The highest BCUT2D eigenvalue weighted by Gasteiger charge is 1.99. The van der Waals surface area contributed by atoms with Gasteiger partial charge in [-0.25, -0.2) is 4.98 Å². The average molecular weight is 202 g/mol. The van der Waals surface area contributed by atoms with Crippen molar-refractivity contribution in [1.29, 1.82) is 0 Å². The average Bonchev–Trinajstić information content (AvgIpc) is 2.80. The highest BCUT2D eigenvalue weighted by Crippen LogP contribution is 2.10. The maximum atomic E-state index is 4.06. The molecule has 0 amide bonds. The summed E-state index contributed by atoms with van der Waals surface area (Å²) in [5.41, 5.74) is 1.22. The molecule has 0 aliphatic carbocycles. The second-order valence-electron chi connectivity index (χ2n) is 3.42. The van der Waals surface area contributed by atoms with E-state index in [1.165, 1.54) is 5.69 Å². The van der Waals surface area contributed by atoms with Gasteiger partial charge >= 0.3 is 0 Å². The molecule has 2 rings (SSSR count). The lowest BCUT2D eigenvalue weighted by Crippen LogP contribution is -2.22. The summed E-state index contributed by atoms with van der Waals surface area (Å²) >= 11 is 0. The van der Waals surface area contributed by atoms with Gasteiger partial charge in [0.25, 0.3) is 0 Å². The molecule has 15 heavy (non-hydrogen) atoms. The van der Waals surface area contributed by atoms with Gasteiger partial charge in [-0.05, 0) is 12.1 Å². The van der Waals surface area contributed by atoms with Crippen LogP contribution >= 0.6 is 0 Å². The molecule has 0 aliphatic rings. The predicted molar refractivity (Wildman–Crippen MR) is 59.7 cm³/mol. The van der Waals surface area contributed by atoms with Crippen LogP contribution in [0.3, 0.4) is 0 Å². The minimum Gasteiger partial charge on any atom is -0.373 e. The number of para-hydroxylation sites is 1. The molecule has 4 nitrogen and oxygen atoms in total. The number of hydrogen-bond acceptors (Lipinski definition) is 3. The molecule has 0 saturated heterocycles. The minimum absolute atomic E-state index is 0.853. The Morgan fingerprint density at radius 1 is 1.27 bits per heavy atom. The van der Waals surface area contributed by atoms with Crippen LogP contribution in [-0.2, 0) is 6.54 Å². The number of benzene rings is 1. The summed E-state index contributed by atoms with van der Waals surface area (Å²) in [6.45, 7) is 1.78. The van der Waals surface area contributed by atoms with Crippen molar-refractivity contribution in [2.24, 2.45) is 0 Å². The van der Waals surface area contributed by atoms with Gasteiger partial charge < -0.3 is 4.90 Å². The maximum absolute atomic E-state index is 4.06. The smallest absolute Gasteiger partial charge is 0.137 e. The van der Waals surface area contributed by atoms with Gasteiger partial charge in [-0.15, -0.1) is 0 Å². The molecule has 1 heterocycles. The molecule has 0 bridgehead atoms. The van der Waals surface area contributed by atoms with Gasteiger partial charge in [0.2, 0.25) is 0 Å². The number of rotatable bonds is 4. The van der Waals surface area contributed by atoms with E-state index in [4.69, 9.17) is 0 Å². The summed E-state index contributed by atoms with van der Waals surface area (Å²) < 4.78 is 1.83. The van der Waals surface area contributed by atoms with Gasteiger partial charge in [0.15, 0.2) is 0 Å². The SMILES string of the molecule is CN(CCn1cncn1)c1ccccc1. The topological polar surface area (TPSA) is 34.0 Å². The van der Waals surface area contributed by atoms with Crippen molar-refractivity contribution in [3.63, 3.8) is 0 Å². The highest BCUT2D eigenvalue weighted by atomic mass is 15.3. The number of aromatic nitrogens is 3. The Hall–Kier alpha value is -1.84. The molecule has 0 fully saturated rings. The lowest BCUT2D eigenvalue weighted by atomic mass is 10.3. The highest BCUT2D eigenvalue weighted by molar-refractivity contribution is 5.44. The van der Waals surface area contributed by atoms with Gasteiger partial charge in [-0.1, -0.05) is 18.2 Å². The van der Waals surface area contributed by atoms with Crippen molar-refractivity contribution in [3.05, 3.63) is 43.0 Å². The molecule has 0 saturated carbocycles. The Bertz CT molecular complexity index is 382. The number of nitrogens with zero attached hydrogens (tertiary/aromatic N) is 4. The molecule has 1 aromatic carbocycles. The van der Waals surface area contributed by atoms with E-state index in [0.29, 0.717) is 0 Å². The molecule has 4 heteroatoms.